The van der Waals surface area contributed by atoms with Gasteiger partial charge in [0.15, 0.2) is 5.82 Å². The fourth-order valence-electron chi connectivity index (χ4n) is 4.01. The van der Waals surface area contributed by atoms with Crippen molar-refractivity contribution < 1.29 is 0 Å². The van der Waals surface area contributed by atoms with Gasteiger partial charge in [-0.05, 0) is 37.1 Å². The zero-order valence-corrected chi connectivity index (χ0v) is 15.7. The van der Waals surface area contributed by atoms with E-state index >= 15 is 0 Å². The number of para-hydroxylation sites is 1. The van der Waals surface area contributed by atoms with E-state index in [1.165, 1.54) is 22.2 Å². The molecule has 0 fully saturated rings. The number of hydrogen-bond donors (Lipinski definition) is 2. The Hall–Kier alpha value is -3.25. The second-order valence-corrected chi connectivity index (χ2v) is 7.29. The van der Waals surface area contributed by atoms with Gasteiger partial charge in [0.05, 0.1) is 5.69 Å². The number of nitrogens with zero attached hydrogens (tertiary/aromatic N) is 3. The summed E-state index contributed by atoms with van der Waals surface area (Å²) in [6.45, 7) is 4.47. The van der Waals surface area contributed by atoms with E-state index in [0.29, 0.717) is 24.5 Å². The third kappa shape index (κ3) is 2.92. The van der Waals surface area contributed by atoms with E-state index in [1.54, 1.807) is 6.20 Å². The van der Waals surface area contributed by atoms with Gasteiger partial charge in [0, 0.05) is 48.0 Å². The lowest BCUT2D eigenvalue weighted by atomic mass is 10.0. The second kappa shape index (κ2) is 6.73. The number of nitrogens with one attached hydrogen (secondary N) is 2. The Morgan fingerprint density at radius 3 is 2.82 bits per heavy atom. The van der Waals surface area contributed by atoms with Crippen LogP contribution in [0.4, 0.5) is 0 Å². The molecule has 0 saturated carbocycles. The van der Waals surface area contributed by atoms with Crippen LogP contribution in [0.25, 0.3) is 22.4 Å². The number of rotatable bonds is 3. The minimum Gasteiger partial charge on any atom is -0.358 e. The molecule has 6 heteroatoms. The van der Waals surface area contributed by atoms with Gasteiger partial charge in [0.25, 0.3) is 5.56 Å². The van der Waals surface area contributed by atoms with Crippen molar-refractivity contribution in [3.05, 3.63) is 81.5 Å². The molecule has 4 heterocycles. The lowest BCUT2D eigenvalue weighted by molar-refractivity contribution is 0.241. The molecular weight excluding hydrogens is 350 g/mol. The zero-order chi connectivity index (χ0) is 19.1. The Labute approximate surface area is 162 Å². The number of H-pyrrole nitrogens is 2. The first-order chi connectivity index (χ1) is 13.7. The lowest BCUT2D eigenvalue weighted by Crippen LogP contribution is -2.35. The summed E-state index contributed by atoms with van der Waals surface area (Å²) in [4.78, 5) is 30.3. The first-order valence-corrected chi connectivity index (χ1v) is 9.51. The number of benzene rings is 1. The van der Waals surface area contributed by atoms with Crippen LogP contribution < -0.4 is 5.56 Å². The predicted molar refractivity (Wildman–Crippen MR) is 109 cm³/mol. The average Bonchev–Trinajstić information content (AvgIpc) is 3.03. The van der Waals surface area contributed by atoms with Gasteiger partial charge < -0.3 is 9.97 Å². The summed E-state index contributed by atoms with van der Waals surface area (Å²) in [6, 6.07) is 14.0. The molecule has 4 aromatic rings. The first kappa shape index (κ1) is 16.9. The van der Waals surface area contributed by atoms with Crippen LogP contribution >= 0.6 is 0 Å². The molecule has 1 aromatic carbocycles. The van der Waals surface area contributed by atoms with Crippen molar-refractivity contribution in [2.75, 3.05) is 6.54 Å². The largest absolute Gasteiger partial charge is 0.358 e. The van der Waals surface area contributed by atoms with Gasteiger partial charge in [0.2, 0.25) is 0 Å². The van der Waals surface area contributed by atoms with Gasteiger partial charge in [-0.15, -0.1) is 0 Å². The Morgan fingerprint density at radius 2 is 1.96 bits per heavy atom. The SMILES string of the molecule is Cc1[nH]c2ccccc2c1CN1CCc2c(nc(-c3ccccn3)[nH]c2=O)C1. The van der Waals surface area contributed by atoms with Crippen LogP contribution in [0.1, 0.15) is 22.5 Å². The Kier molecular flexibility index (Phi) is 4.06. The third-order valence-corrected chi connectivity index (χ3v) is 5.47. The monoisotopic (exact) mass is 371 g/mol. The molecule has 5 rings (SSSR count). The van der Waals surface area contributed by atoms with Crippen molar-refractivity contribution >= 4 is 10.9 Å². The van der Waals surface area contributed by atoms with Crippen molar-refractivity contribution in [1.29, 1.82) is 0 Å². The molecule has 0 saturated heterocycles. The molecule has 140 valence electrons. The van der Waals surface area contributed by atoms with Crippen LogP contribution in [-0.2, 0) is 19.5 Å². The standard InChI is InChI=1S/C22H21N5O/c1-14-17(15-6-2-3-7-18(15)24-14)12-27-11-9-16-20(13-27)25-21(26-22(16)28)19-8-4-5-10-23-19/h2-8,10,24H,9,11-13H2,1H3,(H,25,26,28). The smallest absolute Gasteiger partial charge is 0.254 e. The fraction of sp³-hybridized carbons (Fsp3) is 0.227. The molecule has 0 radical (unpaired) electrons. The van der Waals surface area contributed by atoms with E-state index in [0.717, 1.165) is 24.3 Å². The highest BCUT2D eigenvalue weighted by Gasteiger charge is 2.23. The molecule has 0 bridgehead atoms. The normalized spacial score (nSPS) is 14.3. The Morgan fingerprint density at radius 1 is 1.11 bits per heavy atom. The number of pyridine rings is 1. The Balaban J connectivity index is 1.47. The molecule has 28 heavy (non-hydrogen) atoms. The summed E-state index contributed by atoms with van der Waals surface area (Å²) < 4.78 is 0. The van der Waals surface area contributed by atoms with Crippen molar-refractivity contribution in [3.63, 3.8) is 0 Å². The second-order valence-electron chi connectivity index (χ2n) is 7.29. The number of aromatic amines is 2. The molecule has 0 atom stereocenters. The van der Waals surface area contributed by atoms with Crippen molar-refractivity contribution in [2.45, 2.75) is 26.4 Å². The van der Waals surface area contributed by atoms with Crippen LogP contribution in [-0.4, -0.2) is 31.4 Å². The highest BCUT2D eigenvalue weighted by Crippen LogP contribution is 2.25. The zero-order valence-electron chi connectivity index (χ0n) is 15.7. The average molecular weight is 371 g/mol. The maximum Gasteiger partial charge on any atom is 0.254 e. The summed E-state index contributed by atoms with van der Waals surface area (Å²) in [6.07, 6.45) is 2.42. The van der Waals surface area contributed by atoms with Crippen LogP contribution in [0.15, 0.2) is 53.5 Å². The van der Waals surface area contributed by atoms with Crippen LogP contribution in [0, 0.1) is 6.92 Å². The summed E-state index contributed by atoms with van der Waals surface area (Å²) in [7, 11) is 0. The molecule has 2 N–H and O–H groups in total. The highest BCUT2D eigenvalue weighted by molar-refractivity contribution is 5.84. The third-order valence-electron chi connectivity index (χ3n) is 5.47. The van der Waals surface area contributed by atoms with Crippen molar-refractivity contribution in [2.24, 2.45) is 0 Å². The first-order valence-electron chi connectivity index (χ1n) is 9.51. The molecule has 0 amide bonds. The van der Waals surface area contributed by atoms with E-state index in [2.05, 4.69) is 51.0 Å². The summed E-state index contributed by atoms with van der Waals surface area (Å²) in [5, 5.41) is 1.26. The molecule has 6 nitrogen and oxygen atoms in total. The van der Waals surface area contributed by atoms with Gasteiger partial charge in [0.1, 0.15) is 5.69 Å². The maximum absolute atomic E-state index is 12.6. The number of aryl methyl sites for hydroxylation is 1. The van der Waals surface area contributed by atoms with Gasteiger partial charge in [-0.3, -0.25) is 14.7 Å². The van der Waals surface area contributed by atoms with Crippen LogP contribution in [0.3, 0.4) is 0 Å². The van der Waals surface area contributed by atoms with E-state index in [9.17, 15) is 4.79 Å². The topological polar surface area (TPSA) is 77.7 Å². The minimum absolute atomic E-state index is 0.0476. The maximum atomic E-state index is 12.6. The van der Waals surface area contributed by atoms with Crippen molar-refractivity contribution in [1.82, 2.24) is 24.8 Å². The van der Waals surface area contributed by atoms with E-state index < -0.39 is 0 Å². The molecular formula is C22H21N5O. The highest BCUT2D eigenvalue weighted by atomic mass is 16.1. The summed E-state index contributed by atoms with van der Waals surface area (Å²) in [5.74, 6) is 0.537. The Bertz CT molecular complexity index is 1210. The van der Waals surface area contributed by atoms with Gasteiger partial charge in [-0.1, -0.05) is 24.3 Å². The van der Waals surface area contributed by atoms with Gasteiger partial charge in [-0.2, -0.15) is 0 Å². The minimum atomic E-state index is -0.0476. The number of hydrogen-bond acceptors (Lipinski definition) is 4. The molecule has 0 aliphatic carbocycles. The molecule has 0 unspecified atom stereocenters. The summed E-state index contributed by atoms with van der Waals surface area (Å²) in [5.41, 5.74) is 5.97. The van der Waals surface area contributed by atoms with Crippen LogP contribution in [0.2, 0.25) is 0 Å². The number of aromatic nitrogens is 4. The summed E-state index contributed by atoms with van der Waals surface area (Å²) >= 11 is 0. The predicted octanol–water partition coefficient (Wildman–Crippen LogP) is 3.18. The van der Waals surface area contributed by atoms with Crippen molar-refractivity contribution in [3.8, 4) is 11.5 Å². The van der Waals surface area contributed by atoms with E-state index in [4.69, 9.17) is 4.98 Å². The van der Waals surface area contributed by atoms with Crippen LogP contribution in [0.5, 0.6) is 0 Å². The molecule has 1 aliphatic rings. The quantitative estimate of drug-likeness (QED) is 0.580. The number of fused-ring (bicyclic) bond motifs is 2. The molecule has 3 aromatic heterocycles. The van der Waals surface area contributed by atoms with Gasteiger partial charge in [-0.25, -0.2) is 4.98 Å². The molecule has 0 spiro atoms. The fourth-order valence-corrected chi connectivity index (χ4v) is 4.01. The molecule has 1 aliphatic heterocycles. The lowest BCUT2D eigenvalue weighted by Gasteiger charge is -2.27. The van der Waals surface area contributed by atoms with E-state index in [-0.39, 0.29) is 5.56 Å². The van der Waals surface area contributed by atoms with E-state index in [1.807, 2.05) is 18.2 Å². The van der Waals surface area contributed by atoms with Gasteiger partial charge >= 0.3 is 0 Å².